The molecule has 6 heteroatoms. The number of carbonyl (C=O) groups excluding carboxylic acids is 1. The maximum absolute atomic E-state index is 12.7. The summed E-state index contributed by atoms with van der Waals surface area (Å²) in [4.78, 5) is 12.8. The molecule has 5 nitrogen and oxygen atoms in total. The Bertz CT molecular complexity index is 1120. The smallest absolute Gasteiger partial charge is 0.343 e. The van der Waals surface area contributed by atoms with E-state index in [4.69, 9.17) is 4.74 Å². The van der Waals surface area contributed by atoms with Gasteiger partial charge in [-0.2, -0.15) is 4.31 Å². The second-order valence-corrected chi connectivity index (χ2v) is 9.21. The first-order valence-corrected chi connectivity index (χ1v) is 11.5. The number of esters is 1. The number of sulfonamides is 1. The van der Waals surface area contributed by atoms with Crippen LogP contribution in [0.25, 0.3) is 11.1 Å². The molecule has 0 saturated carbocycles. The summed E-state index contributed by atoms with van der Waals surface area (Å²) in [6.07, 6.45) is 2.83. The highest BCUT2D eigenvalue weighted by atomic mass is 32.2. The summed E-state index contributed by atoms with van der Waals surface area (Å²) in [5.74, 6) is -0.179. The summed E-state index contributed by atoms with van der Waals surface area (Å²) in [6, 6.07) is 23.1. The standard InChI is InChI=1S/C24H23NO4S/c26-24(21-11-7-10-20(18-21)19-8-3-1-4-9-19)29-22-12-14-23(15-13-22)30(27,28)25-16-5-2-6-17-25/h1,3-4,7-15,18H,2,5-6,16-17H2. The molecule has 0 amide bonds. The molecule has 0 N–H and O–H groups in total. The fourth-order valence-corrected chi connectivity index (χ4v) is 5.07. The van der Waals surface area contributed by atoms with Crippen LogP contribution in [0.5, 0.6) is 5.75 Å². The Kier molecular flexibility index (Phi) is 5.97. The Morgan fingerprint density at radius 2 is 1.43 bits per heavy atom. The van der Waals surface area contributed by atoms with Crippen LogP contribution < -0.4 is 4.74 Å². The quantitative estimate of drug-likeness (QED) is 0.441. The van der Waals surface area contributed by atoms with E-state index in [-0.39, 0.29) is 4.90 Å². The molecule has 3 aromatic rings. The molecule has 30 heavy (non-hydrogen) atoms. The van der Waals surface area contributed by atoms with Gasteiger partial charge < -0.3 is 4.74 Å². The van der Waals surface area contributed by atoms with E-state index in [9.17, 15) is 13.2 Å². The molecule has 154 valence electrons. The van der Waals surface area contributed by atoms with Gasteiger partial charge >= 0.3 is 5.97 Å². The highest BCUT2D eigenvalue weighted by Crippen LogP contribution is 2.24. The number of benzene rings is 3. The number of hydrogen-bond donors (Lipinski definition) is 0. The molecule has 1 saturated heterocycles. The van der Waals surface area contributed by atoms with Gasteiger partial charge in [0.15, 0.2) is 0 Å². The maximum Gasteiger partial charge on any atom is 0.343 e. The van der Waals surface area contributed by atoms with Crippen LogP contribution in [0, 0.1) is 0 Å². The van der Waals surface area contributed by atoms with Gasteiger partial charge in [-0.3, -0.25) is 0 Å². The molecule has 0 unspecified atom stereocenters. The average Bonchev–Trinajstić information content (AvgIpc) is 2.81. The van der Waals surface area contributed by atoms with Gasteiger partial charge in [-0.15, -0.1) is 0 Å². The van der Waals surface area contributed by atoms with Crippen molar-refractivity contribution in [2.45, 2.75) is 24.2 Å². The van der Waals surface area contributed by atoms with E-state index in [1.54, 1.807) is 12.1 Å². The molecule has 0 aliphatic carbocycles. The first kappa shape index (κ1) is 20.3. The van der Waals surface area contributed by atoms with E-state index in [0.717, 1.165) is 30.4 Å². The van der Waals surface area contributed by atoms with E-state index >= 15 is 0 Å². The molecule has 4 rings (SSSR count). The topological polar surface area (TPSA) is 63.7 Å². The molecule has 0 aromatic heterocycles. The van der Waals surface area contributed by atoms with Crippen LogP contribution in [-0.2, 0) is 10.0 Å². The van der Waals surface area contributed by atoms with Crippen molar-refractivity contribution < 1.29 is 17.9 Å². The third-order valence-corrected chi connectivity index (χ3v) is 7.11. The molecule has 1 heterocycles. The molecule has 1 fully saturated rings. The van der Waals surface area contributed by atoms with E-state index in [2.05, 4.69) is 0 Å². The minimum Gasteiger partial charge on any atom is -0.423 e. The lowest BCUT2D eigenvalue weighted by molar-refractivity contribution is 0.0734. The minimum absolute atomic E-state index is 0.218. The number of carbonyl (C=O) groups is 1. The van der Waals surface area contributed by atoms with Crippen LogP contribution in [0.2, 0.25) is 0 Å². The van der Waals surface area contributed by atoms with Gasteiger partial charge in [0.2, 0.25) is 10.0 Å². The fraction of sp³-hybridized carbons (Fsp3) is 0.208. The van der Waals surface area contributed by atoms with Crippen molar-refractivity contribution in [3.63, 3.8) is 0 Å². The molecule has 0 bridgehead atoms. The molecule has 0 radical (unpaired) electrons. The lowest BCUT2D eigenvalue weighted by Crippen LogP contribution is -2.35. The number of rotatable bonds is 5. The predicted molar refractivity (Wildman–Crippen MR) is 116 cm³/mol. The summed E-state index contributed by atoms with van der Waals surface area (Å²) >= 11 is 0. The minimum atomic E-state index is -3.50. The summed E-state index contributed by atoms with van der Waals surface area (Å²) < 4.78 is 32.4. The number of ether oxygens (including phenoxy) is 1. The Balaban J connectivity index is 1.48. The van der Waals surface area contributed by atoms with Gasteiger partial charge in [-0.25, -0.2) is 13.2 Å². The van der Waals surface area contributed by atoms with Gasteiger partial charge in [-0.1, -0.05) is 48.9 Å². The molecule has 1 aliphatic heterocycles. The van der Waals surface area contributed by atoms with Crippen LogP contribution in [-0.4, -0.2) is 31.8 Å². The first-order valence-electron chi connectivity index (χ1n) is 10.0. The van der Waals surface area contributed by atoms with Crippen LogP contribution in [0.3, 0.4) is 0 Å². The maximum atomic E-state index is 12.7. The molecule has 0 atom stereocenters. The Hall–Kier alpha value is -2.96. The van der Waals surface area contributed by atoms with Crippen molar-refractivity contribution in [3.8, 4) is 16.9 Å². The van der Waals surface area contributed by atoms with Crippen molar-refractivity contribution in [1.82, 2.24) is 4.31 Å². The Morgan fingerprint density at radius 1 is 0.767 bits per heavy atom. The zero-order chi connectivity index (χ0) is 21.0. The highest BCUT2D eigenvalue weighted by molar-refractivity contribution is 7.89. The SMILES string of the molecule is O=C(Oc1ccc(S(=O)(=O)N2CCCCC2)cc1)c1cccc(-c2ccccc2)c1. The van der Waals surface area contributed by atoms with E-state index < -0.39 is 16.0 Å². The zero-order valence-corrected chi connectivity index (χ0v) is 17.3. The highest BCUT2D eigenvalue weighted by Gasteiger charge is 2.25. The third kappa shape index (κ3) is 4.45. The van der Waals surface area contributed by atoms with Crippen molar-refractivity contribution >= 4 is 16.0 Å². The summed E-state index contributed by atoms with van der Waals surface area (Å²) in [7, 11) is -3.50. The van der Waals surface area contributed by atoms with Crippen molar-refractivity contribution in [3.05, 3.63) is 84.4 Å². The van der Waals surface area contributed by atoms with E-state index in [1.165, 1.54) is 28.6 Å². The second kappa shape index (κ2) is 8.81. The Labute approximate surface area is 177 Å². The largest absolute Gasteiger partial charge is 0.423 e. The van der Waals surface area contributed by atoms with E-state index in [1.807, 2.05) is 42.5 Å². The van der Waals surface area contributed by atoms with Crippen LogP contribution in [0.15, 0.2) is 83.8 Å². The van der Waals surface area contributed by atoms with Gasteiger partial charge in [-0.05, 0) is 60.4 Å². The average molecular weight is 422 g/mol. The Morgan fingerprint density at radius 3 is 2.13 bits per heavy atom. The summed E-state index contributed by atoms with van der Waals surface area (Å²) in [5, 5.41) is 0. The third-order valence-electron chi connectivity index (χ3n) is 5.19. The summed E-state index contributed by atoms with van der Waals surface area (Å²) in [6.45, 7) is 1.10. The monoisotopic (exact) mass is 421 g/mol. The number of piperidine rings is 1. The predicted octanol–water partition coefficient (Wildman–Crippen LogP) is 4.75. The second-order valence-electron chi connectivity index (χ2n) is 7.27. The number of hydrogen-bond acceptors (Lipinski definition) is 4. The van der Waals surface area contributed by atoms with Crippen molar-refractivity contribution in [2.24, 2.45) is 0 Å². The van der Waals surface area contributed by atoms with Gasteiger partial charge in [0.25, 0.3) is 0 Å². The van der Waals surface area contributed by atoms with Crippen molar-refractivity contribution in [2.75, 3.05) is 13.1 Å². The van der Waals surface area contributed by atoms with Gasteiger partial charge in [0.05, 0.1) is 10.5 Å². The lowest BCUT2D eigenvalue weighted by Gasteiger charge is -2.25. The number of nitrogens with zero attached hydrogens (tertiary/aromatic N) is 1. The molecule has 1 aliphatic rings. The lowest BCUT2D eigenvalue weighted by atomic mass is 10.0. The van der Waals surface area contributed by atoms with E-state index in [0.29, 0.717) is 24.4 Å². The molecular formula is C24H23NO4S. The molecular weight excluding hydrogens is 398 g/mol. The van der Waals surface area contributed by atoms with Crippen LogP contribution >= 0.6 is 0 Å². The van der Waals surface area contributed by atoms with Crippen molar-refractivity contribution in [1.29, 1.82) is 0 Å². The van der Waals surface area contributed by atoms with Gasteiger partial charge in [0.1, 0.15) is 5.75 Å². The zero-order valence-electron chi connectivity index (χ0n) is 16.5. The van der Waals surface area contributed by atoms with Crippen LogP contribution in [0.1, 0.15) is 29.6 Å². The first-order chi connectivity index (χ1) is 14.5. The van der Waals surface area contributed by atoms with Gasteiger partial charge in [0, 0.05) is 13.1 Å². The molecule has 0 spiro atoms. The summed E-state index contributed by atoms with van der Waals surface area (Å²) in [5.41, 5.74) is 2.37. The molecule has 3 aromatic carbocycles. The van der Waals surface area contributed by atoms with Crippen LogP contribution in [0.4, 0.5) is 0 Å². The fourth-order valence-electron chi connectivity index (χ4n) is 3.56. The normalized spacial score (nSPS) is 14.9.